The molecule has 6 rings (SSSR count). The van der Waals surface area contributed by atoms with Gasteiger partial charge in [0.25, 0.3) is 0 Å². The average molecular weight is 596 g/mol. The summed E-state index contributed by atoms with van der Waals surface area (Å²) in [7, 11) is 0. The summed E-state index contributed by atoms with van der Waals surface area (Å²) in [6, 6.07) is 10.9. The van der Waals surface area contributed by atoms with Crippen LogP contribution in [-0.4, -0.2) is 61.5 Å². The molecule has 0 spiro atoms. The molecule has 1 aromatic heterocycles. The summed E-state index contributed by atoms with van der Waals surface area (Å²) in [6.07, 6.45) is 1.50. The lowest BCUT2D eigenvalue weighted by molar-refractivity contribution is 0.0957. The predicted octanol–water partition coefficient (Wildman–Crippen LogP) is 3.31. The predicted molar refractivity (Wildman–Crippen MR) is 159 cm³/mol. The molecule has 12 heteroatoms. The van der Waals surface area contributed by atoms with Gasteiger partial charge in [-0.1, -0.05) is 6.08 Å². The van der Waals surface area contributed by atoms with Crippen LogP contribution in [0.4, 0.5) is 4.79 Å². The number of Topliss-reactive ketones (excluding diaryl/α,β-unsaturated/α-hetero) is 1. The van der Waals surface area contributed by atoms with Crippen LogP contribution in [0, 0.1) is 0 Å². The molecule has 1 fully saturated rings. The highest BCUT2D eigenvalue weighted by Crippen LogP contribution is 2.47. The first kappa shape index (κ1) is 29.4. The summed E-state index contributed by atoms with van der Waals surface area (Å²) in [5.41, 5.74) is 0.633. The number of ketones is 1. The van der Waals surface area contributed by atoms with E-state index in [9.17, 15) is 19.2 Å². The Balaban J connectivity index is 0.00000353. The molecular formula is C30H34ClN5O6. The zero-order chi connectivity index (χ0) is 29.2. The van der Waals surface area contributed by atoms with Gasteiger partial charge in [-0.3, -0.25) is 9.69 Å². The maximum Gasteiger partial charge on any atom is 0.415 e. The SMILES string of the molecule is CC(=O)c1ccc(-n2c(=O)n3n(c2=O)C2C(=CC3)C(C)(C)Oc3cc(OC(=O)N4C(C)CNCC4C)ccc32)cc1.Cl. The molecule has 3 aliphatic heterocycles. The molecule has 42 heavy (non-hydrogen) atoms. The monoisotopic (exact) mass is 595 g/mol. The van der Waals surface area contributed by atoms with Crippen molar-refractivity contribution in [2.45, 2.75) is 64.9 Å². The molecule has 1 amide bonds. The first-order valence-corrected chi connectivity index (χ1v) is 13.8. The van der Waals surface area contributed by atoms with E-state index in [0.717, 1.165) is 10.1 Å². The van der Waals surface area contributed by atoms with Gasteiger partial charge in [0, 0.05) is 42.4 Å². The van der Waals surface area contributed by atoms with Gasteiger partial charge in [-0.2, -0.15) is 0 Å². The second-order valence-electron chi connectivity index (χ2n) is 11.4. The Morgan fingerprint density at radius 2 is 1.67 bits per heavy atom. The third kappa shape index (κ3) is 4.66. The fourth-order valence-electron chi connectivity index (χ4n) is 6.15. The topological polar surface area (TPSA) is 117 Å². The number of hydrogen-bond donors (Lipinski definition) is 1. The highest BCUT2D eigenvalue weighted by atomic mass is 35.5. The van der Waals surface area contributed by atoms with Crippen LogP contribution < -0.4 is 26.2 Å². The molecule has 3 atom stereocenters. The van der Waals surface area contributed by atoms with Crippen molar-refractivity contribution in [1.29, 1.82) is 0 Å². The summed E-state index contributed by atoms with van der Waals surface area (Å²) >= 11 is 0. The fraction of sp³-hybridized carbons (Fsp3) is 0.400. The lowest BCUT2D eigenvalue weighted by Gasteiger charge is -2.42. The van der Waals surface area contributed by atoms with Gasteiger partial charge in [-0.05, 0) is 76.6 Å². The highest BCUT2D eigenvalue weighted by Gasteiger charge is 2.44. The summed E-state index contributed by atoms with van der Waals surface area (Å²) < 4.78 is 16.2. The number of hydrogen-bond acceptors (Lipinski definition) is 7. The first-order chi connectivity index (χ1) is 19.5. The molecule has 11 nitrogen and oxygen atoms in total. The number of halogens is 1. The molecule has 0 aliphatic carbocycles. The Morgan fingerprint density at radius 3 is 2.31 bits per heavy atom. The van der Waals surface area contributed by atoms with E-state index in [1.165, 1.54) is 16.3 Å². The third-order valence-electron chi connectivity index (χ3n) is 8.20. The van der Waals surface area contributed by atoms with Gasteiger partial charge in [0.05, 0.1) is 12.2 Å². The maximum absolute atomic E-state index is 13.9. The number of aromatic nitrogens is 3. The van der Waals surface area contributed by atoms with Gasteiger partial charge in [-0.25, -0.2) is 28.3 Å². The molecule has 1 N–H and O–H groups in total. The fourth-order valence-corrected chi connectivity index (χ4v) is 6.15. The van der Waals surface area contributed by atoms with Crippen LogP contribution in [0.1, 0.15) is 56.6 Å². The Morgan fingerprint density at radius 1 is 1.00 bits per heavy atom. The number of fused-ring (bicyclic) bond motifs is 5. The van der Waals surface area contributed by atoms with Crippen molar-refractivity contribution < 1.29 is 19.1 Å². The van der Waals surface area contributed by atoms with E-state index in [0.29, 0.717) is 41.4 Å². The van der Waals surface area contributed by atoms with Crippen LogP contribution in [0.3, 0.4) is 0 Å². The smallest absolute Gasteiger partial charge is 0.415 e. The molecule has 2 aromatic carbocycles. The van der Waals surface area contributed by atoms with Crippen molar-refractivity contribution in [3.8, 4) is 17.2 Å². The largest absolute Gasteiger partial charge is 0.483 e. The molecule has 3 aliphatic rings. The molecule has 0 radical (unpaired) electrons. The lowest BCUT2D eigenvalue weighted by Crippen LogP contribution is -2.57. The van der Waals surface area contributed by atoms with Crippen molar-refractivity contribution in [3.05, 3.63) is 86.2 Å². The molecular weight excluding hydrogens is 562 g/mol. The average Bonchev–Trinajstić information content (AvgIpc) is 3.17. The van der Waals surface area contributed by atoms with Gasteiger partial charge in [0.1, 0.15) is 23.1 Å². The van der Waals surface area contributed by atoms with Crippen LogP contribution in [0.15, 0.2) is 63.7 Å². The Bertz CT molecular complexity index is 1710. The van der Waals surface area contributed by atoms with E-state index >= 15 is 0 Å². The van der Waals surface area contributed by atoms with Crippen LogP contribution in [0.2, 0.25) is 0 Å². The number of benzene rings is 2. The first-order valence-electron chi connectivity index (χ1n) is 13.8. The van der Waals surface area contributed by atoms with Gasteiger partial charge >= 0.3 is 17.5 Å². The number of carbonyl (C=O) groups excluding carboxylic acids is 2. The minimum atomic E-state index is -0.798. The standard InChI is InChI=1S/C30H33N5O6.ClH/c1-17-15-31-16-18(2)33(17)29(39)40-22-10-11-23-25(14-22)41-30(4,5)24-12-13-32-27(37)34(28(38)35(32)26(23)24)21-8-6-20(7-9-21)19(3)36;/h6-12,14,17-18,26,31H,13,15-16H2,1-5H3;1H. The van der Waals surface area contributed by atoms with E-state index in [4.69, 9.17) is 9.47 Å². The third-order valence-corrected chi connectivity index (χ3v) is 8.20. The Labute approximate surface area is 248 Å². The van der Waals surface area contributed by atoms with Gasteiger partial charge in [0.15, 0.2) is 5.78 Å². The number of ether oxygens (including phenoxy) is 2. The molecule has 1 saturated heterocycles. The zero-order valence-corrected chi connectivity index (χ0v) is 24.9. The van der Waals surface area contributed by atoms with Crippen molar-refractivity contribution in [2.24, 2.45) is 0 Å². The number of allylic oxidation sites excluding steroid dienone is 1. The molecule has 222 valence electrons. The minimum Gasteiger partial charge on any atom is -0.483 e. The summed E-state index contributed by atoms with van der Waals surface area (Å²) in [6.45, 7) is 10.8. The molecule has 3 unspecified atom stereocenters. The number of piperazine rings is 1. The minimum absolute atomic E-state index is 0. The number of nitrogens with one attached hydrogen (secondary N) is 1. The summed E-state index contributed by atoms with van der Waals surface area (Å²) in [4.78, 5) is 53.9. The molecule has 0 saturated carbocycles. The number of carbonyl (C=O) groups is 2. The Hall–Kier alpha value is -4.09. The quantitative estimate of drug-likeness (QED) is 0.365. The van der Waals surface area contributed by atoms with Crippen molar-refractivity contribution in [2.75, 3.05) is 13.1 Å². The number of rotatable bonds is 3. The summed E-state index contributed by atoms with van der Waals surface area (Å²) in [5, 5.41) is 3.30. The van der Waals surface area contributed by atoms with Crippen LogP contribution in [0.25, 0.3) is 5.69 Å². The molecule has 0 bridgehead atoms. The van der Waals surface area contributed by atoms with E-state index in [-0.39, 0.29) is 36.8 Å². The van der Waals surface area contributed by atoms with Gasteiger partial charge < -0.3 is 14.8 Å². The molecule has 4 heterocycles. The number of amides is 1. The number of nitrogens with zero attached hydrogens (tertiary/aromatic N) is 4. The van der Waals surface area contributed by atoms with Crippen molar-refractivity contribution >= 4 is 24.3 Å². The highest BCUT2D eigenvalue weighted by molar-refractivity contribution is 5.94. The van der Waals surface area contributed by atoms with Crippen molar-refractivity contribution in [1.82, 2.24) is 24.1 Å². The maximum atomic E-state index is 13.9. The second-order valence-corrected chi connectivity index (χ2v) is 11.4. The second kappa shape index (κ2) is 10.6. The van der Waals surface area contributed by atoms with Gasteiger partial charge in [0.2, 0.25) is 0 Å². The summed E-state index contributed by atoms with van der Waals surface area (Å²) in [5.74, 6) is 0.697. The van der Waals surface area contributed by atoms with Crippen LogP contribution in [-0.2, 0) is 6.54 Å². The zero-order valence-electron chi connectivity index (χ0n) is 24.1. The normalized spacial score (nSPS) is 22.0. The van der Waals surface area contributed by atoms with Gasteiger partial charge in [-0.15, -0.1) is 12.4 Å². The van der Waals surface area contributed by atoms with Crippen molar-refractivity contribution in [3.63, 3.8) is 0 Å². The van der Waals surface area contributed by atoms with Crippen LogP contribution >= 0.6 is 12.4 Å². The Kier molecular flexibility index (Phi) is 7.44. The lowest BCUT2D eigenvalue weighted by atomic mass is 9.83. The molecule has 3 aromatic rings. The van der Waals surface area contributed by atoms with E-state index in [1.54, 1.807) is 47.4 Å². The van der Waals surface area contributed by atoms with E-state index < -0.39 is 29.1 Å². The van der Waals surface area contributed by atoms with E-state index in [1.807, 2.05) is 33.8 Å². The van der Waals surface area contributed by atoms with E-state index in [2.05, 4.69) is 5.32 Å². The van der Waals surface area contributed by atoms with Crippen LogP contribution in [0.5, 0.6) is 11.5 Å².